The molecule has 8 heteroatoms. The zero-order chi connectivity index (χ0) is 20.3. The second-order valence-electron chi connectivity index (χ2n) is 6.60. The first-order chi connectivity index (χ1) is 13.4. The van der Waals surface area contributed by atoms with E-state index in [0.29, 0.717) is 40.0 Å². The van der Waals surface area contributed by atoms with Gasteiger partial charge in [-0.25, -0.2) is 9.37 Å². The maximum atomic E-state index is 14.1. The molecule has 0 bridgehead atoms. The van der Waals surface area contributed by atoms with Crippen molar-refractivity contribution in [2.75, 3.05) is 46.3 Å². The van der Waals surface area contributed by atoms with Gasteiger partial charge in [-0.3, -0.25) is 9.69 Å². The van der Waals surface area contributed by atoms with Crippen LogP contribution in [0, 0.1) is 5.82 Å². The first-order valence-electron chi connectivity index (χ1n) is 8.82. The predicted molar refractivity (Wildman–Crippen MR) is 108 cm³/mol. The van der Waals surface area contributed by atoms with E-state index in [1.807, 2.05) is 14.1 Å². The third-order valence-corrected chi connectivity index (χ3v) is 5.31. The van der Waals surface area contributed by atoms with Gasteiger partial charge in [0.15, 0.2) is 5.13 Å². The minimum atomic E-state index is -0.395. The van der Waals surface area contributed by atoms with Gasteiger partial charge in [0.25, 0.3) is 5.91 Å². The number of amides is 1. The van der Waals surface area contributed by atoms with E-state index in [2.05, 4.69) is 4.98 Å². The Balaban J connectivity index is 2.03. The van der Waals surface area contributed by atoms with Gasteiger partial charge in [-0.15, -0.1) is 0 Å². The molecule has 1 amide bonds. The highest BCUT2D eigenvalue weighted by Crippen LogP contribution is 2.32. The van der Waals surface area contributed by atoms with Gasteiger partial charge in [0.05, 0.1) is 46.1 Å². The molecule has 0 atom stereocenters. The fourth-order valence-corrected chi connectivity index (χ4v) is 3.73. The Morgan fingerprint density at radius 2 is 1.86 bits per heavy atom. The van der Waals surface area contributed by atoms with Crippen molar-refractivity contribution in [3.05, 3.63) is 47.8 Å². The molecule has 0 aliphatic heterocycles. The quantitative estimate of drug-likeness (QED) is 0.656. The molecule has 0 saturated carbocycles. The number of fused-ring (bicyclic) bond motifs is 1. The molecular weight excluding hydrogens is 381 g/mol. The first kappa shape index (κ1) is 20.0. The Kier molecular flexibility index (Phi) is 6.11. The van der Waals surface area contributed by atoms with Crippen LogP contribution < -0.4 is 19.3 Å². The molecule has 28 heavy (non-hydrogen) atoms. The molecule has 0 aliphatic carbocycles. The number of ether oxygens (including phenoxy) is 2. The number of quaternary nitrogens is 1. The number of methoxy groups -OCH3 is 2. The van der Waals surface area contributed by atoms with Crippen LogP contribution in [-0.4, -0.2) is 52.3 Å². The van der Waals surface area contributed by atoms with Crippen LogP contribution in [0.15, 0.2) is 36.4 Å². The SMILES string of the molecule is COc1cc(OC)cc(C(=O)N(CC[NH+](C)C)c2nc3c(F)cccc3s2)c1. The van der Waals surface area contributed by atoms with Gasteiger partial charge in [-0.2, -0.15) is 0 Å². The summed E-state index contributed by atoms with van der Waals surface area (Å²) in [7, 11) is 7.09. The van der Waals surface area contributed by atoms with Gasteiger partial charge >= 0.3 is 0 Å². The van der Waals surface area contributed by atoms with E-state index in [-0.39, 0.29) is 11.4 Å². The molecule has 6 nitrogen and oxygen atoms in total. The summed E-state index contributed by atoms with van der Waals surface area (Å²) >= 11 is 1.30. The van der Waals surface area contributed by atoms with Gasteiger partial charge in [0, 0.05) is 11.6 Å². The van der Waals surface area contributed by atoms with Crippen molar-refractivity contribution in [1.29, 1.82) is 0 Å². The molecule has 0 saturated heterocycles. The third-order valence-electron chi connectivity index (χ3n) is 4.27. The normalized spacial score (nSPS) is 11.1. The summed E-state index contributed by atoms with van der Waals surface area (Å²) in [5, 5.41) is 0.466. The largest absolute Gasteiger partial charge is 0.497 e. The number of rotatable bonds is 7. The number of carbonyl (C=O) groups is 1. The van der Waals surface area contributed by atoms with E-state index in [1.165, 1.54) is 36.5 Å². The van der Waals surface area contributed by atoms with Crippen LogP contribution in [0.2, 0.25) is 0 Å². The molecular formula is C20H23FN3O3S+. The van der Waals surface area contributed by atoms with Gasteiger partial charge in [-0.1, -0.05) is 17.4 Å². The number of anilines is 1. The van der Waals surface area contributed by atoms with E-state index >= 15 is 0 Å². The summed E-state index contributed by atoms with van der Waals surface area (Å²) in [6, 6.07) is 9.84. The van der Waals surface area contributed by atoms with Crippen molar-refractivity contribution in [2.45, 2.75) is 0 Å². The van der Waals surface area contributed by atoms with Crippen molar-refractivity contribution in [1.82, 2.24) is 4.98 Å². The number of para-hydroxylation sites is 1. The number of thiazole rings is 1. The van der Waals surface area contributed by atoms with Gasteiger partial charge in [-0.05, 0) is 24.3 Å². The summed E-state index contributed by atoms with van der Waals surface area (Å²) in [4.78, 5) is 20.5. The van der Waals surface area contributed by atoms with Gasteiger partial charge in [0.1, 0.15) is 22.8 Å². The first-order valence-corrected chi connectivity index (χ1v) is 9.63. The summed E-state index contributed by atoms with van der Waals surface area (Å²) in [5.41, 5.74) is 0.699. The van der Waals surface area contributed by atoms with Crippen LogP contribution in [0.5, 0.6) is 11.5 Å². The lowest BCUT2D eigenvalue weighted by molar-refractivity contribution is -0.856. The number of halogens is 1. The smallest absolute Gasteiger partial charge is 0.260 e. The van der Waals surface area contributed by atoms with E-state index < -0.39 is 5.82 Å². The lowest BCUT2D eigenvalue weighted by Crippen LogP contribution is -3.06. The number of nitrogens with one attached hydrogen (secondary N) is 1. The van der Waals surface area contributed by atoms with Gasteiger partial charge in [0.2, 0.25) is 0 Å². The van der Waals surface area contributed by atoms with Crippen LogP contribution in [0.4, 0.5) is 9.52 Å². The standard InChI is InChI=1S/C20H22FN3O3S/c1-23(2)8-9-24(20-22-18-16(21)6-5-7-17(18)28-20)19(25)13-10-14(26-3)12-15(11-13)27-4/h5-7,10-12H,8-9H2,1-4H3/p+1. The number of hydrogen-bond donors (Lipinski definition) is 1. The Morgan fingerprint density at radius 3 is 2.43 bits per heavy atom. The van der Waals surface area contributed by atoms with Crippen molar-refractivity contribution >= 4 is 32.6 Å². The molecule has 1 aromatic heterocycles. The van der Waals surface area contributed by atoms with Crippen LogP contribution >= 0.6 is 11.3 Å². The highest BCUT2D eigenvalue weighted by molar-refractivity contribution is 7.22. The van der Waals surface area contributed by atoms with E-state index in [1.54, 1.807) is 35.2 Å². The number of nitrogens with zero attached hydrogens (tertiary/aromatic N) is 2. The van der Waals surface area contributed by atoms with Crippen molar-refractivity contribution in [3.63, 3.8) is 0 Å². The Morgan fingerprint density at radius 1 is 1.18 bits per heavy atom. The average molecular weight is 404 g/mol. The monoisotopic (exact) mass is 404 g/mol. The summed E-state index contributed by atoms with van der Waals surface area (Å²) in [6.45, 7) is 1.16. The Labute approximate surface area is 167 Å². The Hall–Kier alpha value is -2.71. The lowest BCUT2D eigenvalue weighted by Gasteiger charge is -2.21. The number of hydrogen-bond acceptors (Lipinski definition) is 5. The highest BCUT2D eigenvalue weighted by Gasteiger charge is 2.24. The number of likely N-dealkylation sites (N-methyl/N-ethyl adjacent to an activating group) is 1. The lowest BCUT2D eigenvalue weighted by atomic mass is 10.1. The molecule has 3 aromatic rings. The molecule has 1 heterocycles. The zero-order valence-electron chi connectivity index (χ0n) is 16.3. The molecule has 148 valence electrons. The van der Waals surface area contributed by atoms with Crippen molar-refractivity contribution < 1.29 is 23.6 Å². The van der Waals surface area contributed by atoms with Gasteiger partial charge < -0.3 is 14.4 Å². The molecule has 0 unspecified atom stereocenters. The summed E-state index contributed by atoms with van der Waals surface area (Å²) < 4.78 is 25.4. The molecule has 0 aliphatic rings. The topological polar surface area (TPSA) is 56.1 Å². The molecule has 3 rings (SSSR count). The zero-order valence-corrected chi connectivity index (χ0v) is 17.1. The molecule has 1 N–H and O–H groups in total. The fourth-order valence-electron chi connectivity index (χ4n) is 2.72. The van der Waals surface area contributed by atoms with Crippen LogP contribution in [0.25, 0.3) is 10.2 Å². The van der Waals surface area contributed by atoms with Crippen molar-refractivity contribution in [3.8, 4) is 11.5 Å². The molecule has 0 radical (unpaired) electrons. The highest BCUT2D eigenvalue weighted by atomic mass is 32.1. The van der Waals surface area contributed by atoms with E-state index in [9.17, 15) is 9.18 Å². The second kappa shape index (κ2) is 8.53. The predicted octanol–water partition coefficient (Wildman–Crippen LogP) is 2.24. The maximum Gasteiger partial charge on any atom is 0.260 e. The summed E-state index contributed by atoms with van der Waals surface area (Å²) in [5.74, 6) is 0.416. The minimum Gasteiger partial charge on any atom is -0.497 e. The van der Waals surface area contributed by atoms with Crippen LogP contribution in [-0.2, 0) is 0 Å². The minimum absolute atomic E-state index is 0.238. The summed E-state index contributed by atoms with van der Waals surface area (Å²) in [6.07, 6.45) is 0. The molecule has 0 spiro atoms. The van der Waals surface area contributed by atoms with Crippen molar-refractivity contribution in [2.24, 2.45) is 0 Å². The maximum absolute atomic E-state index is 14.1. The van der Waals surface area contributed by atoms with Crippen LogP contribution in [0.1, 0.15) is 10.4 Å². The Bertz CT molecular complexity index is 968. The fraction of sp³-hybridized carbons (Fsp3) is 0.300. The second-order valence-corrected chi connectivity index (χ2v) is 7.61. The molecule has 2 aromatic carbocycles. The van der Waals surface area contributed by atoms with E-state index in [4.69, 9.17) is 9.47 Å². The number of aromatic nitrogens is 1. The number of carbonyl (C=O) groups excluding carboxylic acids is 1. The average Bonchev–Trinajstić information content (AvgIpc) is 3.12. The van der Waals surface area contributed by atoms with E-state index in [0.717, 1.165) is 0 Å². The number of benzene rings is 2. The molecule has 0 fully saturated rings. The third kappa shape index (κ3) is 4.23. The van der Waals surface area contributed by atoms with Crippen LogP contribution in [0.3, 0.4) is 0 Å².